The van der Waals surface area contributed by atoms with Gasteiger partial charge >= 0.3 is 0 Å². The number of ether oxygens (including phenoxy) is 2. The van der Waals surface area contributed by atoms with Gasteiger partial charge in [0.25, 0.3) is 5.91 Å². The van der Waals surface area contributed by atoms with E-state index in [0.717, 1.165) is 5.16 Å². The third-order valence-electron chi connectivity index (χ3n) is 4.20. The van der Waals surface area contributed by atoms with Crippen molar-refractivity contribution < 1.29 is 19.1 Å². The Morgan fingerprint density at radius 3 is 2.47 bits per heavy atom. The van der Waals surface area contributed by atoms with Crippen LogP contribution in [0.25, 0.3) is 0 Å². The number of thioether (sulfide) groups is 1. The van der Waals surface area contributed by atoms with Crippen LogP contribution < -0.4 is 20.1 Å². The summed E-state index contributed by atoms with van der Waals surface area (Å²) in [5, 5.41) is 6.39. The van der Waals surface area contributed by atoms with Crippen LogP contribution in [0.1, 0.15) is 10.4 Å². The molecular formula is C21H22N4O4S. The highest BCUT2D eigenvalue weighted by Gasteiger charge is 2.12. The number of carbonyl (C=O) groups excluding carboxylic acids is 2. The Hall–Kier alpha value is -3.46. The molecule has 0 radical (unpaired) electrons. The van der Waals surface area contributed by atoms with Gasteiger partial charge in [0, 0.05) is 36.8 Å². The van der Waals surface area contributed by atoms with E-state index in [2.05, 4.69) is 15.6 Å². The summed E-state index contributed by atoms with van der Waals surface area (Å²) in [4.78, 5) is 28.8. The fourth-order valence-corrected chi connectivity index (χ4v) is 3.35. The Bertz CT molecular complexity index is 1030. The van der Waals surface area contributed by atoms with Gasteiger partial charge < -0.3 is 24.7 Å². The molecule has 30 heavy (non-hydrogen) atoms. The maximum absolute atomic E-state index is 12.5. The predicted molar refractivity (Wildman–Crippen MR) is 117 cm³/mol. The Morgan fingerprint density at radius 2 is 1.83 bits per heavy atom. The molecule has 0 saturated heterocycles. The maximum Gasteiger partial charge on any atom is 0.255 e. The minimum atomic E-state index is -0.290. The summed E-state index contributed by atoms with van der Waals surface area (Å²) in [5.41, 5.74) is 1.60. The normalized spacial score (nSPS) is 10.4. The first kappa shape index (κ1) is 21.3. The van der Waals surface area contributed by atoms with Crippen molar-refractivity contribution in [3.05, 3.63) is 60.4 Å². The second kappa shape index (κ2) is 9.84. The third kappa shape index (κ3) is 5.32. The standard InChI is InChI=1S/C21H22N4O4S/c1-25-11-10-22-21(25)30-13-19(26)23-15-6-4-14(5-7-15)20(27)24-17-9-8-16(28-2)12-18(17)29-3/h4-12H,13H2,1-3H3,(H,23,26)(H,24,27). The number of imidazole rings is 1. The van der Waals surface area contributed by atoms with E-state index in [1.54, 1.807) is 55.8 Å². The number of rotatable bonds is 8. The number of methoxy groups -OCH3 is 2. The van der Waals surface area contributed by atoms with Gasteiger partial charge in [-0.15, -0.1) is 0 Å². The molecule has 0 aliphatic rings. The Kier molecular flexibility index (Phi) is 6.97. The van der Waals surface area contributed by atoms with Crippen molar-refractivity contribution in [1.29, 1.82) is 0 Å². The van der Waals surface area contributed by atoms with Crippen molar-refractivity contribution in [1.82, 2.24) is 9.55 Å². The lowest BCUT2D eigenvalue weighted by atomic mass is 10.2. The van der Waals surface area contributed by atoms with E-state index < -0.39 is 0 Å². The molecular weight excluding hydrogens is 404 g/mol. The molecule has 3 rings (SSSR count). The van der Waals surface area contributed by atoms with Crippen molar-refractivity contribution in [2.24, 2.45) is 7.05 Å². The molecule has 0 unspecified atom stereocenters. The van der Waals surface area contributed by atoms with Gasteiger partial charge in [-0.25, -0.2) is 4.98 Å². The van der Waals surface area contributed by atoms with Crippen LogP contribution in [0.4, 0.5) is 11.4 Å². The summed E-state index contributed by atoms with van der Waals surface area (Å²) in [6.07, 6.45) is 3.51. The number of nitrogens with zero attached hydrogens (tertiary/aromatic N) is 2. The number of carbonyl (C=O) groups is 2. The van der Waals surface area contributed by atoms with Crippen LogP contribution in [0, 0.1) is 0 Å². The van der Waals surface area contributed by atoms with E-state index >= 15 is 0 Å². The first-order chi connectivity index (χ1) is 14.5. The zero-order valence-corrected chi connectivity index (χ0v) is 17.7. The molecule has 0 aliphatic carbocycles. The van der Waals surface area contributed by atoms with Gasteiger partial charge in [0.05, 0.1) is 25.7 Å². The van der Waals surface area contributed by atoms with E-state index in [9.17, 15) is 9.59 Å². The molecule has 1 heterocycles. The fraction of sp³-hybridized carbons (Fsp3) is 0.190. The molecule has 2 N–H and O–H groups in total. The van der Waals surface area contributed by atoms with Crippen LogP contribution in [0.3, 0.4) is 0 Å². The average molecular weight is 426 g/mol. The van der Waals surface area contributed by atoms with Gasteiger partial charge in [0.1, 0.15) is 11.5 Å². The zero-order valence-electron chi connectivity index (χ0n) is 16.8. The number of aromatic nitrogens is 2. The van der Waals surface area contributed by atoms with E-state index in [1.807, 2.05) is 17.8 Å². The molecule has 0 aliphatic heterocycles. The third-order valence-corrected chi connectivity index (χ3v) is 5.26. The molecule has 0 fully saturated rings. The number of hydrogen-bond acceptors (Lipinski definition) is 6. The Balaban J connectivity index is 1.57. The van der Waals surface area contributed by atoms with Crippen molar-refractivity contribution in [2.75, 3.05) is 30.6 Å². The molecule has 0 atom stereocenters. The second-order valence-electron chi connectivity index (χ2n) is 6.26. The lowest BCUT2D eigenvalue weighted by molar-refractivity contribution is -0.113. The zero-order chi connectivity index (χ0) is 21.5. The number of anilines is 2. The predicted octanol–water partition coefficient (Wildman–Crippen LogP) is 3.42. The van der Waals surface area contributed by atoms with Gasteiger partial charge in [-0.2, -0.15) is 0 Å². The van der Waals surface area contributed by atoms with Crippen LogP contribution in [-0.4, -0.2) is 41.3 Å². The summed E-state index contributed by atoms with van der Waals surface area (Å²) in [6.45, 7) is 0. The summed E-state index contributed by atoms with van der Waals surface area (Å²) >= 11 is 1.35. The molecule has 2 amide bonds. The number of aryl methyl sites for hydroxylation is 1. The SMILES string of the molecule is COc1ccc(NC(=O)c2ccc(NC(=O)CSc3nccn3C)cc2)c(OC)c1. The van der Waals surface area contributed by atoms with Crippen molar-refractivity contribution in [2.45, 2.75) is 5.16 Å². The molecule has 3 aromatic rings. The molecule has 1 aromatic heterocycles. The monoisotopic (exact) mass is 426 g/mol. The second-order valence-corrected chi connectivity index (χ2v) is 7.20. The summed E-state index contributed by atoms with van der Waals surface area (Å²) in [6, 6.07) is 11.8. The van der Waals surface area contributed by atoms with Gasteiger partial charge in [-0.05, 0) is 36.4 Å². The summed E-state index contributed by atoms with van der Waals surface area (Å²) < 4.78 is 12.3. The lowest BCUT2D eigenvalue weighted by Gasteiger charge is -2.12. The minimum absolute atomic E-state index is 0.150. The number of amides is 2. The molecule has 9 heteroatoms. The molecule has 156 valence electrons. The van der Waals surface area contributed by atoms with Gasteiger partial charge in [-0.3, -0.25) is 9.59 Å². The quantitative estimate of drug-likeness (QED) is 0.536. The first-order valence-electron chi connectivity index (χ1n) is 9.03. The summed E-state index contributed by atoms with van der Waals surface area (Å²) in [7, 11) is 4.96. The largest absolute Gasteiger partial charge is 0.497 e. The summed E-state index contributed by atoms with van der Waals surface area (Å²) in [5.74, 6) is 0.928. The molecule has 0 saturated carbocycles. The maximum atomic E-state index is 12.5. The first-order valence-corrected chi connectivity index (χ1v) is 10.0. The van der Waals surface area contributed by atoms with Crippen LogP contribution in [-0.2, 0) is 11.8 Å². The highest BCUT2D eigenvalue weighted by molar-refractivity contribution is 7.99. The van der Waals surface area contributed by atoms with E-state index in [4.69, 9.17) is 9.47 Å². The molecule has 0 spiro atoms. The minimum Gasteiger partial charge on any atom is -0.497 e. The average Bonchev–Trinajstić information content (AvgIpc) is 3.17. The van der Waals surface area contributed by atoms with E-state index in [1.165, 1.54) is 18.9 Å². The van der Waals surface area contributed by atoms with Crippen LogP contribution in [0.5, 0.6) is 11.5 Å². The molecule has 2 aromatic carbocycles. The van der Waals surface area contributed by atoms with Gasteiger partial charge in [-0.1, -0.05) is 11.8 Å². The van der Waals surface area contributed by atoms with Crippen LogP contribution >= 0.6 is 11.8 Å². The number of nitrogens with one attached hydrogen (secondary N) is 2. The van der Waals surface area contributed by atoms with Gasteiger partial charge in [0.2, 0.25) is 5.91 Å². The number of benzene rings is 2. The molecule has 0 bridgehead atoms. The van der Waals surface area contributed by atoms with Gasteiger partial charge in [0.15, 0.2) is 5.16 Å². The van der Waals surface area contributed by atoms with E-state index in [-0.39, 0.29) is 17.6 Å². The lowest BCUT2D eigenvalue weighted by Crippen LogP contribution is -2.15. The van der Waals surface area contributed by atoms with Crippen LogP contribution in [0.2, 0.25) is 0 Å². The highest BCUT2D eigenvalue weighted by Crippen LogP contribution is 2.29. The Morgan fingerprint density at radius 1 is 1.07 bits per heavy atom. The number of hydrogen-bond donors (Lipinski definition) is 2. The smallest absolute Gasteiger partial charge is 0.255 e. The van der Waals surface area contributed by atoms with Crippen molar-refractivity contribution in [3.8, 4) is 11.5 Å². The van der Waals surface area contributed by atoms with E-state index in [0.29, 0.717) is 28.4 Å². The Labute approximate surface area is 178 Å². The fourth-order valence-electron chi connectivity index (χ4n) is 2.62. The van der Waals surface area contributed by atoms with Crippen LogP contribution in [0.15, 0.2) is 60.0 Å². The highest BCUT2D eigenvalue weighted by atomic mass is 32.2. The molecule has 8 nitrogen and oxygen atoms in total. The topological polar surface area (TPSA) is 94.5 Å². The van der Waals surface area contributed by atoms with Crippen molar-refractivity contribution in [3.63, 3.8) is 0 Å². The van der Waals surface area contributed by atoms with Crippen molar-refractivity contribution >= 4 is 35.0 Å².